The van der Waals surface area contributed by atoms with Gasteiger partial charge in [-0.15, -0.1) is 11.3 Å². The van der Waals surface area contributed by atoms with Crippen molar-refractivity contribution in [2.45, 2.75) is 6.92 Å². The SMILES string of the molecule is COc1ccc(/C=C/NC(=O)Nc2ccc(-c3nc4ccc(C)cc4s3)cc2)cc1. The Labute approximate surface area is 179 Å². The Morgan fingerprint density at radius 1 is 1.03 bits per heavy atom. The summed E-state index contributed by atoms with van der Waals surface area (Å²) in [5, 5.41) is 6.49. The van der Waals surface area contributed by atoms with E-state index in [-0.39, 0.29) is 6.03 Å². The van der Waals surface area contributed by atoms with Crippen LogP contribution in [0, 0.1) is 6.92 Å². The molecule has 0 aliphatic carbocycles. The van der Waals surface area contributed by atoms with Crippen molar-refractivity contribution in [1.82, 2.24) is 10.3 Å². The molecule has 5 nitrogen and oxygen atoms in total. The fourth-order valence-corrected chi connectivity index (χ4v) is 4.02. The molecule has 0 aliphatic heterocycles. The summed E-state index contributed by atoms with van der Waals surface area (Å²) in [6.45, 7) is 2.08. The molecule has 150 valence electrons. The summed E-state index contributed by atoms with van der Waals surface area (Å²) in [6.07, 6.45) is 3.42. The van der Waals surface area contributed by atoms with E-state index in [9.17, 15) is 4.79 Å². The van der Waals surface area contributed by atoms with Crippen LogP contribution in [0.4, 0.5) is 10.5 Å². The average molecular weight is 416 g/mol. The van der Waals surface area contributed by atoms with Gasteiger partial charge in [0.25, 0.3) is 0 Å². The highest BCUT2D eigenvalue weighted by Gasteiger charge is 2.07. The van der Waals surface area contributed by atoms with E-state index in [1.165, 1.54) is 10.3 Å². The number of aromatic nitrogens is 1. The monoisotopic (exact) mass is 415 g/mol. The number of fused-ring (bicyclic) bond motifs is 1. The largest absolute Gasteiger partial charge is 0.497 e. The fourth-order valence-electron chi connectivity index (χ4n) is 2.95. The van der Waals surface area contributed by atoms with Crippen LogP contribution in [0.5, 0.6) is 5.75 Å². The molecule has 3 aromatic carbocycles. The molecular weight excluding hydrogens is 394 g/mol. The maximum Gasteiger partial charge on any atom is 0.323 e. The summed E-state index contributed by atoms with van der Waals surface area (Å²) in [5.41, 5.74) is 4.94. The molecule has 1 heterocycles. The van der Waals surface area contributed by atoms with E-state index in [1.54, 1.807) is 24.6 Å². The van der Waals surface area contributed by atoms with E-state index in [2.05, 4.69) is 29.7 Å². The number of carbonyl (C=O) groups is 1. The van der Waals surface area contributed by atoms with Gasteiger partial charge in [0.15, 0.2) is 0 Å². The van der Waals surface area contributed by atoms with E-state index in [0.717, 1.165) is 27.4 Å². The third-order valence-corrected chi connectivity index (χ3v) is 5.61. The van der Waals surface area contributed by atoms with Crippen LogP contribution < -0.4 is 15.4 Å². The van der Waals surface area contributed by atoms with Crippen LogP contribution in [0.15, 0.2) is 72.9 Å². The lowest BCUT2D eigenvalue weighted by molar-refractivity contribution is 0.255. The third kappa shape index (κ3) is 4.67. The van der Waals surface area contributed by atoms with Crippen molar-refractivity contribution < 1.29 is 9.53 Å². The van der Waals surface area contributed by atoms with Gasteiger partial charge in [-0.1, -0.05) is 18.2 Å². The third-order valence-electron chi connectivity index (χ3n) is 4.54. The zero-order valence-corrected chi connectivity index (χ0v) is 17.5. The number of nitrogens with zero attached hydrogens (tertiary/aromatic N) is 1. The van der Waals surface area contributed by atoms with Crippen LogP contribution in [0.3, 0.4) is 0 Å². The molecule has 6 heteroatoms. The van der Waals surface area contributed by atoms with Crippen LogP contribution in [-0.4, -0.2) is 18.1 Å². The first-order chi connectivity index (χ1) is 14.6. The van der Waals surface area contributed by atoms with E-state index < -0.39 is 0 Å². The zero-order chi connectivity index (χ0) is 20.9. The molecule has 0 atom stereocenters. The van der Waals surface area contributed by atoms with Crippen molar-refractivity contribution in [3.63, 3.8) is 0 Å². The number of benzene rings is 3. The van der Waals surface area contributed by atoms with Crippen molar-refractivity contribution in [1.29, 1.82) is 0 Å². The van der Waals surface area contributed by atoms with Gasteiger partial charge in [-0.25, -0.2) is 9.78 Å². The van der Waals surface area contributed by atoms with E-state index in [0.29, 0.717) is 5.69 Å². The van der Waals surface area contributed by atoms with Gasteiger partial charge in [0.1, 0.15) is 10.8 Å². The predicted octanol–water partition coefficient (Wildman–Crippen LogP) is 6.07. The summed E-state index contributed by atoms with van der Waals surface area (Å²) in [5.74, 6) is 0.794. The quantitative estimate of drug-likeness (QED) is 0.416. The molecule has 0 unspecified atom stereocenters. The fraction of sp³-hybridized carbons (Fsp3) is 0.0833. The minimum atomic E-state index is -0.303. The van der Waals surface area contributed by atoms with Crippen molar-refractivity contribution in [3.8, 4) is 16.3 Å². The summed E-state index contributed by atoms with van der Waals surface area (Å²) < 4.78 is 6.30. The molecule has 4 rings (SSSR count). The highest BCUT2D eigenvalue weighted by Crippen LogP contribution is 2.31. The molecule has 0 saturated heterocycles. The van der Waals surface area contributed by atoms with Gasteiger partial charge in [0.05, 0.1) is 17.3 Å². The Morgan fingerprint density at radius 2 is 1.80 bits per heavy atom. The maximum absolute atomic E-state index is 12.1. The van der Waals surface area contributed by atoms with Crippen LogP contribution in [0.1, 0.15) is 11.1 Å². The second-order valence-corrected chi connectivity index (χ2v) is 7.80. The van der Waals surface area contributed by atoms with Gasteiger partial charge >= 0.3 is 6.03 Å². The number of aryl methyl sites for hydroxylation is 1. The molecule has 0 bridgehead atoms. The molecule has 0 aliphatic rings. The number of carbonyl (C=O) groups excluding carboxylic acids is 1. The van der Waals surface area contributed by atoms with Crippen LogP contribution >= 0.6 is 11.3 Å². The molecule has 0 saturated carbocycles. The highest BCUT2D eigenvalue weighted by molar-refractivity contribution is 7.21. The second-order valence-electron chi connectivity index (χ2n) is 6.77. The van der Waals surface area contributed by atoms with Crippen molar-refractivity contribution in [2.24, 2.45) is 0 Å². The van der Waals surface area contributed by atoms with E-state index >= 15 is 0 Å². The predicted molar refractivity (Wildman–Crippen MR) is 124 cm³/mol. The number of hydrogen-bond donors (Lipinski definition) is 2. The molecule has 0 fully saturated rings. The average Bonchev–Trinajstić information content (AvgIpc) is 3.18. The number of ether oxygens (including phenoxy) is 1. The van der Waals surface area contributed by atoms with Gasteiger partial charge in [-0.2, -0.15) is 0 Å². The minimum absolute atomic E-state index is 0.303. The lowest BCUT2D eigenvalue weighted by atomic mass is 10.2. The summed E-state index contributed by atoms with van der Waals surface area (Å²) in [4.78, 5) is 16.8. The van der Waals surface area contributed by atoms with E-state index in [4.69, 9.17) is 9.72 Å². The highest BCUT2D eigenvalue weighted by atomic mass is 32.1. The number of amides is 2. The van der Waals surface area contributed by atoms with Crippen molar-refractivity contribution in [3.05, 3.63) is 84.1 Å². The lowest BCUT2D eigenvalue weighted by Crippen LogP contribution is -2.23. The van der Waals surface area contributed by atoms with Crippen LogP contribution in [-0.2, 0) is 0 Å². The first-order valence-electron chi connectivity index (χ1n) is 9.46. The zero-order valence-electron chi connectivity index (χ0n) is 16.7. The van der Waals surface area contributed by atoms with E-state index in [1.807, 2.05) is 60.7 Å². The number of methoxy groups -OCH3 is 1. The Balaban J connectivity index is 1.36. The maximum atomic E-state index is 12.1. The number of nitrogens with one attached hydrogen (secondary N) is 2. The summed E-state index contributed by atoms with van der Waals surface area (Å²) in [6, 6.07) is 21.2. The Bertz CT molecular complexity index is 1200. The van der Waals surface area contributed by atoms with Gasteiger partial charge < -0.3 is 15.4 Å². The minimum Gasteiger partial charge on any atom is -0.497 e. The first kappa shape index (κ1) is 19.7. The number of thiazole rings is 1. The van der Waals surface area contributed by atoms with Gasteiger partial charge in [-0.05, 0) is 72.7 Å². The van der Waals surface area contributed by atoms with Crippen molar-refractivity contribution >= 4 is 39.3 Å². The van der Waals surface area contributed by atoms with Crippen LogP contribution in [0.2, 0.25) is 0 Å². The number of hydrogen-bond acceptors (Lipinski definition) is 4. The molecule has 2 N–H and O–H groups in total. The molecule has 2 amide bonds. The number of urea groups is 1. The number of anilines is 1. The smallest absolute Gasteiger partial charge is 0.323 e. The lowest BCUT2D eigenvalue weighted by Gasteiger charge is -2.05. The van der Waals surface area contributed by atoms with Gasteiger partial charge in [0, 0.05) is 17.5 Å². The van der Waals surface area contributed by atoms with Crippen LogP contribution in [0.25, 0.3) is 26.9 Å². The molecule has 1 aromatic heterocycles. The molecular formula is C24H21N3O2S. The molecule has 30 heavy (non-hydrogen) atoms. The second kappa shape index (κ2) is 8.80. The normalized spacial score (nSPS) is 11.0. The van der Waals surface area contributed by atoms with Gasteiger partial charge in [0.2, 0.25) is 0 Å². The van der Waals surface area contributed by atoms with Gasteiger partial charge in [-0.3, -0.25) is 0 Å². The summed E-state index contributed by atoms with van der Waals surface area (Å²) >= 11 is 1.67. The molecule has 4 aromatic rings. The standard InChI is InChI=1S/C24H21N3O2S/c1-16-3-12-21-22(15-16)30-23(27-21)18-6-8-19(9-7-18)26-24(28)25-14-13-17-4-10-20(29-2)11-5-17/h3-15H,1-2H3,(H2,25,26,28)/b14-13+. The topological polar surface area (TPSA) is 63.2 Å². The molecule has 0 spiro atoms. The Morgan fingerprint density at radius 3 is 2.53 bits per heavy atom. The Kier molecular flexibility index (Phi) is 5.77. The molecule has 0 radical (unpaired) electrons. The van der Waals surface area contributed by atoms with Crippen molar-refractivity contribution in [2.75, 3.05) is 12.4 Å². The Hall–Kier alpha value is -3.64. The number of rotatable bonds is 5. The summed E-state index contributed by atoms with van der Waals surface area (Å²) in [7, 11) is 1.63. The first-order valence-corrected chi connectivity index (χ1v) is 10.3.